The van der Waals surface area contributed by atoms with E-state index in [1.54, 1.807) is 32.2 Å². The van der Waals surface area contributed by atoms with E-state index in [9.17, 15) is 13.2 Å². The van der Waals surface area contributed by atoms with Gasteiger partial charge in [-0.25, -0.2) is 13.1 Å². The standard InChI is InChI=1S/C18H23NO6S2/c1-13-11-14(6-7-16(13)25-9-8-23-2)27(21,22)19-15(12-18(20)24-3)17-5-4-10-26-17/h4-7,10-11,15,19H,8-9,12H2,1-3H3. The molecule has 7 nitrogen and oxygen atoms in total. The molecule has 0 aliphatic carbocycles. The van der Waals surface area contributed by atoms with E-state index in [1.165, 1.54) is 30.6 Å². The van der Waals surface area contributed by atoms with Crippen LogP contribution in [0.4, 0.5) is 0 Å². The molecule has 0 aliphatic heterocycles. The van der Waals surface area contributed by atoms with Gasteiger partial charge in [-0.1, -0.05) is 6.07 Å². The molecule has 0 bridgehead atoms. The average Bonchev–Trinajstić information content (AvgIpc) is 3.17. The van der Waals surface area contributed by atoms with Crippen molar-refractivity contribution >= 4 is 27.3 Å². The van der Waals surface area contributed by atoms with Crippen molar-refractivity contribution in [3.63, 3.8) is 0 Å². The van der Waals surface area contributed by atoms with Crippen LogP contribution in [0.25, 0.3) is 0 Å². The Hall–Kier alpha value is -1.94. The van der Waals surface area contributed by atoms with Crippen molar-refractivity contribution < 1.29 is 27.4 Å². The Balaban J connectivity index is 2.20. The number of benzene rings is 1. The van der Waals surface area contributed by atoms with E-state index in [4.69, 9.17) is 9.47 Å². The minimum atomic E-state index is -3.84. The zero-order chi connectivity index (χ0) is 19.9. The van der Waals surface area contributed by atoms with Crippen LogP contribution in [0.1, 0.15) is 22.9 Å². The van der Waals surface area contributed by atoms with Gasteiger partial charge in [0.05, 0.1) is 31.1 Å². The highest BCUT2D eigenvalue weighted by Crippen LogP contribution is 2.27. The molecular formula is C18H23NO6S2. The number of hydrogen-bond acceptors (Lipinski definition) is 7. The molecule has 0 saturated heterocycles. The average molecular weight is 414 g/mol. The summed E-state index contributed by atoms with van der Waals surface area (Å²) in [5.41, 5.74) is 0.689. The highest BCUT2D eigenvalue weighted by molar-refractivity contribution is 7.89. The van der Waals surface area contributed by atoms with Crippen molar-refractivity contribution in [2.45, 2.75) is 24.3 Å². The minimum absolute atomic E-state index is 0.0898. The third-order valence-corrected chi connectivity index (χ3v) is 6.24. The lowest BCUT2D eigenvalue weighted by molar-refractivity contribution is -0.141. The van der Waals surface area contributed by atoms with Gasteiger partial charge in [0.15, 0.2) is 0 Å². The Labute approximate surface area is 163 Å². The summed E-state index contributed by atoms with van der Waals surface area (Å²) in [7, 11) is -0.984. The van der Waals surface area contributed by atoms with Gasteiger partial charge in [-0.3, -0.25) is 4.79 Å². The fourth-order valence-electron chi connectivity index (χ4n) is 2.38. The molecule has 1 unspecified atom stereocenters. The molecule has 148 valence electrons. The number of esters is 1. The number of sulfonamides is 1. The summed E-state index contributed by atoms with van der Waals surface area (Å²) in [6.07, 6.45) is -0.0898. The van der Waals surface area contributed by atoms with Crippen LogP contribution in [0, 0.1) is 6.92 Å². The Morgan fingerprint density at radius 2 is 2.00 bits per heavy atom. The number of methoxy groups -OCH3 is 2. The largest absolute Gasteiger partial charge is 0.491 e. The SMILES string of the molecule is COCCOc1ccc(S(=O)(=O)NC(CC(=O)OC)c2cccs2)cc1C. The number of hydrogen-bond donors (Lipinski definition) is 1. The van der Waals surface area contributed by atoms with Crippen LogP contribution in [0.15, 0.2) is 40.6 Å². The lowest BCUT2D eigenvalue weighted by atomic mass is 10.2. The highest BCUT2D eigenvalue weighted by atomic mass is 32.2. The monoisotopic (exact) mass is 413 g/mol. The van der Waals surface area contributed by atoms with Crippen molar-refractivity contribution in [2.75, 3.05) is 27.4 Å². The van der Waals surface area contributed by atoms with Crippen molar-refractivity contribution in [3.05, 3.63) is 46.2 Å². The Bertz CT molecular complexity index is 849. The fraction of sp³-hybridized carbons (Fsp3) is 0.389. The van der Waals surface area contributed by atoms with Gasteiger partial charge >= 0.3 is 5.97 Å². The molecule has 1 aromatic carbocycles. The fourth-order valence-corrected chi connectivity index (χ4v) is 4.53. The molecule has 1 heterocycles. The summed E-state index contributed by atoms with van der Waals surface area (Å²) < 4.78 is 43.4. The molecule has 0 amide bonds. The molecule has 1 N–H and O–H groups in total. The molecule has 9 heteroatoms. The molecule has 0 radical (unpaired) electrons. The van der Waals surface area contributed by atoms with E-state index in [1.807, 2.05) is 5.38 Å². The zero-order valence-corrected chi connectivity index (χ0v) is 17.1. The molecule has 0 saturated carbocycles. The quantitative estimate of drug-likeness (QED) is 0.476. The van der Waals surface area contributed by atoms with E-state index in [0.717, 1.165) is 4.88 Å². The molecule has 2 aromatic rings. The van der Waals surface area contributed by atoms with E-state index in [-0.39, 0.29) is 11.3 Å². The maximum Gasteiger partial charge on any atom is 0.307 e. The first-order valence-corrected chi connectivity index (χ1v) is 10.6. The lowest BCUT2D eigenvalue weighted by Gasteiger charge is -2.17. The van der Waals surface area contributed by atoms with Crippen LogP contribution in [0.3, 0.4) is 0 Å². The third-order valence-electron chi connectivity index (χ3n) is 3.78. The van der Waals surface area contributed by atoms with Crippen LogP contribution in [0.5, 0.6) is 5.75 Å². The number of nitrogens with one attached hydrogen (secondary N) is 1. The minimum Gasteiger partial charge on any atom is -0.491 e. The first kappa shape index (κ1) is 21.4. The van der Waals surface area contributed by atoms with Gasteiger partial charge < -0.3 is 14.2 Å². The molecular weight excluding hydrogens is 390 g/mol. The van der Waals surface area contributed by atoms with Crippen molar-refractivity contribution in [2.24, 2.45) is 0 Å². The number of carbonyl (C=O) groups is 1. The van der Waals surface area contributed by atoms with Gasteiger partial charge in [0.1, 0.15) is 12.4 Å². The van der Waals surface area contributed by atoms with Crippen LogP contribution in [-0.2, 0) is 24.3 Å². The number of rotatable bonds is 10. The second kappa shape index (κ2) is 9.84. The molecule has 1 atom stereocenters. The van der Waals surface area contributed by atoms with Gasteiger partial charge in [-0.2, -0.15) is 0 Å². The molecule has 2 rings (SSSR count). The predicted octanol–water partition coefficient (Wildman–Crippen LogP) is 2.66. The molecule has 0 spiro atoms. The summed E-state index contributed by atoms with van der Waals surface area (Å²) in [4.78, 5) is 12.5. The second-order valence-electron chi connectivity index (χ2n) is 5.74. The Morgan fingerprint density at radius 3 is 2.59 bits per heavy atom. The van der Waals surface area contributed by atoms with Crippen molar-refractivity contribution in [1.29, 1.82) is 0 Å². The molecule has 0 fully saturated rings. The smallest absolute Gasteiger partial charge is 0.307 e. The molecule has 0 aliphatic rings. The summed E-state index contributed by atoms with van der Waals surface area (Å²) in [6, 6.07) is 7.50. The Kier molecular flexibility index (Phi) is 7.78. The Morgan fingerprint density at radius 1 is 1.22 bits per heavy atom. The maximum absolute atomic E-state index is 12.8. The predicted molar refractivity (Wildman–Crippen MR) is 103 cm³/mol. The van der Waals surface area contributed by atoms with Crippen LogP contribution in [-0.4, -0.2) is 41.8 Å². The highest BCUT2D eigenvalue weighted by Gasteiger charge is 2.25. The van der Waals surface area contributed by atoms with Crippen molar-refractivity contribution in [1.82, 2.24) is 4.72 Å². The summed E-state index contributed by atoms with van der Waals surface area (Å²) >= 11 is 1.37. The molecule has 1 aromatic heterocycles. The van der Waals surface area contributed by atoms with Gasteiger partial charge in [-0.15, -0.1) is 11.3 Å². The number of aryl methyl sites for hydroxylation is 1. The number of thiophene rings is 1. The first-order valence-electron chi connectivity index (χ1n) is 8.22. The van der Waals surface area contributed by atoms with E-state index in [0.29, 0.717) is 24.5 Å². The lowest BCUT2D eigenvalue weighted by Crippen LogP contribution is -2.30. The second-order valence-corrected chi connectivity index (χ2v) is 8.43. The van der Waals surface area contributed by atoms with Crippen LogP contribution >= 0.6 is 11.3 Å². The van der Waals surface area contributed by atoms with E-state index in [2.05, 4.69) is 9.46 Å². The van der Waals surface area contributed by atoms with Crippen LogP contribution < -0.4 is 9.46 Å². The van der Waals surface area contributed by atoms with Crippen LogP contribution in [0.2, 0.25) is 0 Å². The summed E-state index contributed by atoms with van der Waals surface area (Å²) in [6.45, 7) is 2.59. The maximum atomic E-state index is 12.8. The van der Waals surface area contributed by atoms with Crippen molar-refractivity contribution in [3.8, 4) is 5.75 Å². The number of ether oxygens (including phenoxy) is 3. The molecule has 27 heavy (non-hydrogen) atoms. The van der Waals surface area contributed by atoms with Gasteiger partial charge in [0, 0.05) is 12.0 Å². The van der Waals surface area contributed by atoms with E-state index >= 15 is 0 Å². The van der Waals surface area contributed by atoms with E-state index < -0.39 is 22.0 Å². The summed E-state index contributed by atoms with van der Waals surface area (Å²) in [5.74, 6) is 0.101. The summed E-state index contributed by atoms with van der Waals surface area (Å²) in [5, 5.41) is 1.82. The third kappa shape index (κ3) is 6.03. The normalized spacial score (nSPS) is 12.6. The topological polar surface area (TPSA) is 90.9 Å². The zero-order valence-electron chi connectivity index (χ0n) is 15.4. The van der Waals surface area contributed by atoms with Gasteiger partial charge in [0.25, 0.3) is 0 Å². The number of carbonyl (C=O) groups excluding carboxylic acids is 1. The van der Waals surface area contributed by atoms with Gasteiger partial charge in [-0.05, 0) is 42.1 Å². The first-order chi connectivity index (χ1) is 12.9. The van der Waals surface area contributed by atoms with Gasteiger partial charge in [0.2, 0.25) is 10.0 Å².